The van der Waals surface area contributed by atoms with E-state index < -0.39 is 0 Å². The number of nitrogens with zero attached hydrogens (tertiary/aromatic N) is 2. The average molecular weight is 281 g/mol. The predicted molar refractivity (Wildman–Crippen MR) is 86.6 cm³/mol. The molecular formula is C18H23N3. The van der Waals surface area contributed by atoms with E-state index in [-0.39, 0.29) is 5.54 Å². The summed E-state index contributed by atoms with van der Waals surface area (Å²) in [6.07, 6.45) is 11.7. The van der Waals surface area contributed by atoms with Crippen molar-refractivity contribution in [2.24, 2.45) is 0 Å². The highest BCUT2D eigenvalue weighted by atomic mass is 15.1. The molecule has 1 aliphatic heterocycles. The van der Waals surface area contributed by atoms with Gasteiger partial charge in [0.05, 0.1) is 18.2 Å². The van der Waals surface area contributed by atoms with Crippen molar-refractivity contribution in [3.05, 3.63) is 36.3 Å². The van der Waals surface area contributed by atoms with Gasteiger partial charge in [-0.1, -0.05) is 31.0 Å². The molecule has 1 aromatic carbocycles. The van der Waals surface area contributed by atoms with Gasteiger partial charge in [-0.15, -0.1) is 0 Å². The van der Waals surface area contributed by atoms with E-state index in [9.17, 15) is 0 Å². The van der Waals surface area contributed by atoms with Gasteiger partial charge in [0.1, 0.15) is 0 Å². The summed E-state index contributed by atoms with van der Waals surface area (Å²) in [4.78, 5) is 4.47. The van der Waals surface area contributed by atoms with Crippen molar-refractivity contribution in [3.63, 3.8) is 0 Å². The highest BCUT2D eigenvalue weighted by Gasteiger charge is 2.32. The molecule has 1 saturated carbocycles. The zero-order valence-electron chi connectivity index (χ0n) is 12.7. The van der Waals surface area contributed by atoms with Crippen LogP contribution in [0.4, 0.5) is 5.69 Å². The third-order valence-corrected chi connectivity index (χ3v) is 5.25. The van der Waals surface area contributed by atoms with Crippen LogP contribution < -0.4 is 5.32 Å². The summed E-state index contributed by atoms with van der Waals surface area (Å²) in [6, 6.07) is 6.68. The Labute approximate surface area is 126 Å². The Morgan fingerprint density at radius 3 is 2.90 bits per heavy atom. The normalized spacial score (nSPS) is 20.0. The fourth-order valence-electron chi connectivity index (χ4n) is 4.02. The van der Waals surface area contributed by atoms with Gasteiger partial charge in [-0.05, 0) is 38.2 Å². The number of hydrogen-bond donors (Lipinski definition) is 1. The molecule has 1 aromatic heterocycles. The third-order valence-electron chi connectivity index (χ3n) is 5.25. The van der Waals surface area contributed by atoms with E-state index in [2.05, 4.69) is 40.0 Å². The van der Waals surface area contributed by atoms with Crippen molar-refractivity contribution < 1.29 is 0 Å². The minimum atomic E-state index is 0.239. The largest absolute Gasteiger partial charge is 0.384 e. The second kappa shape index (κ2) is 4.90. The zero-order chi connectivity index (χ0) is 14.3. The lowest BCUT2D eigenvalue weighted by molar-refractivity contribution is 0.332. The smallest absolute Gasteiger partial charge is 0.0956 e. The molecule has 2 heterocycles. The first-order chi connectivity index (χ1) is 10.3. The molecule has 0 bridgehead atoms. The van der Waals surface area contributed by atoms with Gasteiger partial charge >= 0.3 is 0 Å². The monoisotopic (exact) mass is 281 g/mol. The molecule has 0 atom stereocenters. The topological polar surface area (TPSA) is 29.9 Å². The molecule has 0 spiro atoms. The summed E-state index contributed by atoms with van der Waals surface area (Å²) in [5.74, 6) is 0. The zero-order valence-corrected chi connectivity index (χ0v) is 12.7. The molecular weight excluding hydrogens is 258 g/mol. The molecule has 0 unspecified atom stereocenters. The summed E-state index contributed by atoms with van der Waals surface area (Å²) in [6.45, 7) is 3.46. The quantitative estimate of drug-likeness (QED) is 0.894. The van der Waals surface area contributed by atoms with Gasteiger partial charge < -0.3 is 9.88 Å². The van der Waals surface area contributed by atoms with Crippen LogP contribution in [0.5, 0.6) is 0 Å². The van der Waals surface area contributed by atoms with E-state index >= 15 is 0 Å². The highest BCUT2D eigenvalue weighted by Crippen LogP contribution is 2.41. The van der Waals surface area contributed by atoms with Gasteiger partial charge in [-0.3, -0.25) is 0 Å². The number of para-hydroxylation sites is 1. The van der Waals surface area contributed by atoms with Gasteiger partial charge in [-0.2, -0.15) is 0 Å². The number of anilines is 1. The van der Waals surface area contributed by atoms with Crippen LogP contribution in [-0.2, 0) is 12.0 Å². The lowest BCUT2D eigenvalue weighted by atomic mass is 9.95. The van der Waals surface area contributed by atoms with Crippen LogP contribution in [-0.4, -0.2) is 16.1 Å². The maximum Gasteiger partial charge on any atom is 0.0956 e. The van der Waals surface area contributed by atoms with Crippen molar-refractivity contribution in [2.75, 3.05) is 11.9 Å². The second-order valence-corrected chi connectivity index (χ2v) is 6.72. The Hall–Kier alpha value is -1.77. The van der Waals surface area contributed by atoms with E-state index in [0.717, 1.165) is 6.54 Å². The Morgan fingerprint density at radius 2 is 2.05 bits per heavy atom. The van der Waals surface area contributed by atoms with E-state index in [4.69, 9.17) is 0 Å². The van der Waals surface area contributed by atoms with Crippen molar-refractivity contribution in [1.82, 2.24) is 9.55 Å². The number of nitrogens with one attached hydrogen (secondary N) is 1. The lowest BCUT2D eigenvalue weighted by Crippen LogP contribution is -2.26. The number of imidazole rings is 1. The molecule has 3 heteroatoms. The molecule has 2 aliphatic rings. The summed E-state index contributed by atoms with van der Waals surface area (Å²) < 4.78 is 2.42. The molecule has 1 N–H and O–H groups in total. The molecule has 0 amide bonds. The molecule has 1 aliphatic carbocycles. The van der Waals surface area contributed by atoms with Crippen LogP contribution >= 0.6 is 0 Å². The number of rotatable bonds is 2. The number of aromatic nitrogens is 2. The second-order valence-electron chi connectivity index (χ2n) is 6.72. The first-order valence-corrected chi connectivity index (χ1v) is 8.17. The van der Waals surface area contributed by atoms with Crippen molar-refractivity contribution >= 4 is 5.69 Å². The maximum atomic E-state index is 4.47. The summed E-state index contributed by atoms with van der Waals surface area (Å²) >= 11 is 0. The highest BCUT2D eigenvalue weighted by molar-refractivity contribution is 5.79. The Bertz CT molecular complexity index is 650. The van der Waals surface area contributed by atoms with Gasteiger partial charge in [-0.25, -0.2) is 4.98 Å². The Kier molecular flexibility index (Phi) is 3.02. The number of fused-ring (bicyclic) bond motifs is 1. The number of hydrogen-bond acceptors (Lipinski definition) is 2. The van der Waals surface area contributed by atoms with E-state index in [0.29, 0.717) is 0 Å². The molecule has 4 rings (SSSR count). The standard InChI is InChI=1S/C18H23N3/c1-18(9-2-3-10-18)21-13-19-12-16(21)15-8-4-6-14-7-5-11-20-17(14)15/h4,6,8,12-13,20H,2-3,5,7,9-11H2,1H3. The van der Waals surface area contributed by atoms with E-state index in [1.165, 1.54) is 61.0 Å². The Balaban J connectivity index is 1.83. The molecule has 3 nitrogen and oxygen atoms in total. The van der Waals surface area contributed by atoms with Gasteiger partial charge in [0.2, 0.25) is 0 Å². The molecule has 0 saturated heterocycles. The molecule has 110 valence electrons. The van der Waals surface area contributed by atoms with Gasteiger partial charge in [0, 0.05) is 23.3 Å². The Morgan fingerprint density at radius 1 is 1.19 bits per heavy atom. The molecule has 1 fully saturated rings. The average Bonchev–Trinajstić information content (AvgIpc) is 3.16. The summed E-state index contributed by atoms with van der Waals surface area (Å²) in [5.41, 5.74) is 5.60. The van der Waals surface area contributed by atoms with Crippen LogP contribution in [0.25, 0.3) is 11.3 Å². The summed E-state index contributed by atoms with van der Waals surface area (Å²) in [7, 11) is 0. The van der Waals surface area contributed by atoms with Crippen LogP contribution in [0, 0.1) is 0 Å². The van der Waals surface area contributed by atoms with Crippen molar-refractivity contribution in [1.29, 1.82) is 0 Å². The van der Waals surface area contributed by atoms with Crippen LogP contribution in [0.15, 0.2) is 30.7 Å². The van der Waals surface area contributed by atoms with Gasteiger partial charge in [0.25, 0.3) is 0 Å². The predicted octanol–water partition coefficient (Wildman–Crippen LogP) is 4.20. The molecule has 0 radical (unpaired) electrons. The van der Waals surface area contributed by atoms with Gasteiger partial charge in [0.15, 0.2) is 0 Å². The third kappa shape index (κ3) is 2.06. The van der Waals surface area contributed by atoms with Crippen molar-refractivity contribution in [2.45, 2.75) is 51.0 Å². The molecule has 2 aromatic rings. The fraction of sp³-hybridized carbons (Fsp3) is 0.500. The molecule has 21 heavy (non-hydrogen) atoms. The van der Waals surface area contributed by atoms with Crippen LogP contribution in [0.1, 0.15) is 44.6 Å². The SMILES string of the molecule is CC1(n2cncc2-c2cccc3c2NCCC3)CCCC1. The minimum absolute atomic E-state index is 0.239. The number of benzene rings is 1. The van der Waals surface area contributed by atoms with E-state index in [1.54, 1.807) is 0 Å². The first kappa shape index (κ1) is 12.9. The fourth-order valence-corrected chi connectivity index (χ4v) is 4.02. The van der Waals surface area contributed by atoms with Crippen LogP contribution in [0.3, 0.4) is 0 Å². The van der Waals surface area contributed by atoms with Crippen molar-refractivity contribution in [3.8, 4) is 11.3 Å². The summed E-state index contributed by atoms with van der Waals surface area (Å²) in [5, 5.41) is 3.61. The minimum Gasteiger partial charge on any atom is -0.384 e. The lowest BCUT2D eigenvalue weighted by Gasteiger charge is -2.29. The van der Waals surface area contributed by atoms with Crippen LogP contribution in [0.2, 0.25) is 0 Å². The maximum absolute atomic E-state index is 4.47. The van der Waals surface area contributed by atoms with E-state index in [1.807, 2.05) is 12.5 Å². The number of aryl methyl sites for hydroxylation is 1. The first-order valence-electron chi connectivity index (χ1n) is 8.17.